The Morgan fingerprint density at radius 1 is 0.966 bits per heavy atom. The highest BCUT2D eigenvalue weighted by atomic mass is 14.6. The van der Waals surface area contributed by atoms with Crippen LogP contribution in [-0.2, 0) is 0 Å². The lowest BCUT2D eigenvalue weighted by Gasteiger charge is -2.58. The predicted octanol–water partition coefficient (Wildman–Crippen LogP) is 9.05. The summed E-state index contributed by atoms with van der Waals surface area (Å²) in [6.07, 6.45) is 20.5. The van der Waals surface area contributed by atoms with E-state index in [1.165, 1.54) is 38.5 Å². The highest BCUT2D eigenvalue weighted by Gasteiger charge is 2.58. The summed E-state index contributed by atoms with van der Waals surface area (Å²) in [5, 5.41) is 0. The molecule has 0 aromatic rings. The molecule has 8 unspecified atom stereocenters. The third kappa shape index (κ3) is 3.89. The van der Waals surface area contributed by atoms with Crippen molar-refractivity contribution in [1.82, 2.24) is 0 Å². The largest absolute Gasteiger partial charge is 0.0887 e. The van der Waals surface area contributed by atoms with Crippen LogP contribution in [-0.4, -0.2) is 0 Å². The maximum Gasteiger partial charge on any atom is -0.0264 e. The molecule has 0 aliphatic heterocycles. The predicted molar refractivity (Wildman–Crippen MR) is 127 cm³/mol. The standard InChI is InChI=1S/C29H50/c1-7-15-28(5)16-13-23-22(19-28)9-10-25-24(23)14-17-29(6)26(11-12-27(25)29)21(4)18-20(3)8-2/h8,21-27H,7,9-19H2,1-6H3/b20-8+/t21?,22?,23?,24?,25?,26?,27?,28-,29?/m0/s1. The molecule has 0 heteroatoms. The molecule has 0 aromatic heterocycles. The van der Waals surface area contributed by atoms with Crippen LogP contribution >= 0.6 is 0 Å². The van der Waals surface area contributed by atoms with Crippen molar-refractivity contribution in [3.63, 3.8) is 0 Å². The van der Waals surface area contributed by atoms with E-state index in [0.717, 1.165) is 41.4 Å². The zero-order valence-electron chi connectivity index (χ0n) is 20.6. The van der Waals surface area contributed by atoms with Crippen LogP contribution in [0.25, 0.3) is 0 Å². The molecule has 166 valence electrons. The highest BCUT2D eigenvalue weighted by Crippen LogP contribution is 2.66. The lowest BCUT2D eigenvalue weighted by atomic mass is 9.47. The number of fused-ring (bicyclic) bond motifs is 5. The first-order chi connectivity index (χ1) is 13.8. The first kappa shape index (κ1) is 22.0. The van der Waals surface area contributed by atoms with Gasteiger partial charge in [-0.05, 0) is 137 Å². The molecule has 9 atom stereocenters. The molecule has 0 bridgehead atoms. The summed E-state index contributed by atoms with van der Waals surface area (Å²) < 4.78 is 0. The minimum Gasteiger partial charge on any atom is -0.0887 e. The van der Waals surface area contributed by atoms with Gasteiger partial charge in [0.2, 0.25) is 0 Å². The van der Waals surface area contributed by atoms with E-state index in [9.17, 15) is 0 Å². The van der Waals surface area contributed by atoms with Gasteiger partial charge in [-0.2, -0.15) is 0 Å². The highest BCUT2D eigenvalue weighted by molar-refractivity contribution is 5.08. The summed E-state index contributed by atoms with van der Waals surface area (Å²) in [5.41, 5.74) is 2.92. The molecule has 4 saturated carbocycles. The monoisotopic (exact) mass is 398 g/mol. The van der Waals surface area contributed by atoms with Crippen molar-refractivity contribution in [1.29, 1.82) is 0 Å². The fourth-order valence-electron chi connectivity index (χ4n) is 9.76. The van der Waals surface area contributed by atoms with Crippen molar-refractivity contribution in [3.8, 4) is 0 Å². The fourth-order valence-corrected chi connectivity index (χ4v) is 9.76. The number of rotatable bonds is 5. The smallest absolute Gasteiger partial charge is 0.0264 e. The van der Waals surface area contributed by atoms with Crippen molar-refractivity contribution in [2.75, 3.05) is 0 Å². The summed E-state index contributed by atoms with van der Waals surface area (Å²) in [6, 6.07) is 0. The summed E-state index contributed by atoms with van der Waals surface area (Å²) in [6.45, 7) is 14.9. The fraction of sp³-hybridized carbons (Fsp3) is 0.931. The maximum absolute atomic E-state index is 2.73. The lowest BCUT2D eigenvalue weighted by molar-refractivity contribution is -0.0834. The van der Waals surface area contributed by atoms with Gasteiger partial charge >= 0.3 is 0 Å². The molecule has 0 nitrogen and oxygen atoms in total. The summed E-state index contributed by atoms with van der Waals surface area (Å²) >= 11 is 0. The van der Waals surface area contributed by atoms with Crippen LogP contribution in [0.5, 0.6) is 0 Å². The Balaban J connectivity index is 1.46. The van der Waals surface area contributed by atoms with E-state index in [1.54, 1.807) is 44.1 Å². The number of allylic oxidation sites excluding steroid dienone is 2. The van der Waals surface area contributed by atoms with Crippen LogP contribution in [0.2, 0.25) is 0 Å². The molecule has 0 spiro atoms. The van der Waals surface area contributed by atoms with E-state index in [2.05, 4.69) is 47.6 Å². The van der Waals surface area contributed by atoms with E-state index in [4.69, 9.17) is 0 Å². The minimum absolute atomic E-state index is 0.646. The molecule has 0 aromatic carbocycles. The Kier molecular flexibility index (Phi) is 6.32. The van der Waals surface area contributed by atoms with Gasteiger partial charge in [-0.15, -0.1) is 0 Å². The minimum atomic E-state index is 0.646. The second-order valence-electron chi connectivity index (χ2n) is 12.8. The third-order valence-corrected chi connectivity index (χ3v) is 11.1. The molecule has 4 fully saturated rings. The summed E-state index contributed by atoms with van der Waals surface area (Å²) in [4.78, 5) is 0. The number of hydrogen-bond donors (Lipinski definition) is 0. The van der Waals surface area contributed by atoms with E-state index in [1.807, 2.05) is 0 Å². The molecule has 0 saturated heterocycles. The van der Waals surface area contributed by atoms with E-state index in [-0.39, 0.29) is 0 Å². The van der Waals surface area contributed by atoms with Gasteiger partial charge in [-0.1, -0.05) is 45.8 Å². The molecule has 0 amide bonds. The van der Waals surface area contributed by atoms with Crippen molar-refractivity contribution in [2.45, 2.75) is 119 Å². The van der Waals surface area contributed by atoms with Crippen molar-refractivity contribution >= 4 is 0 Å². The van der Waals surface area contributed by atoms with Gasteiger partial charge in [0.15, 0.2) is 0 Å². The normalized spacial score (nSPS) is 48.6. The van der Waals surface area contributed by atoms with Gasteiger partial charge in [0, 0.05) is 0 Å². The van der Waals surface area contributed by atoms with Crippen LogP contribution < -0.4 is 0 Å². The van der Waals surface area contributed by atoms with Gasteiger partial charge in [0.25, 0.3) is 0 Å². The first-order valence-corrected chi connectivity index (χ1v) is 13.4. The van der Waals surface area contributed by atoms with Gasteiger partial charge < -0.3 is 0 Å². The molecule has 4 aliphatic carbocycles. The molecular weight excluding hydrogens is 348 g/mol. The maximum atomic E-state index is 2.73. The van der Waals surface area contributed by atoms with Gasteiger partial charge in [-0.3, -0.25) is 0 Å². The van der Waals surface area contributed by atoms with Crippen molar-refractivity contribution in [2.24, 2.45) is 52.3 Å². The zero-order valence-corrected chi connectivity index (χ0v) is 20.6. The van der Waals surface area contributed by atoms with E-state index < -0.39 is 0 Å². The van der Waals surface area contributed by atoms with Crippen LogP contribution in [0.3, 0.4) is 0 Å². The van der Waals surface area contributed by atoms with Gasteiger partial charge in [0.1, 0.15) is 0 Å². The first-order valence-electron chi connectivity index (χ1n) is 13.4. The van der Waals surface area contributed by atoms with Crippen LogP contribution in [0.15, 0.2) is 11.6 Å². The lowest BCUT2D eigenvalue weighted by Crippen LogP contribution is -2.50. The molecule has 0 radical (unpaired) electrons. The van der Waals surface area contributed by atoms with E-state index >= 15 is 0 Å². The van der Waals surface area contributed by atoms with Crippen molar-refractivity contribution < 1.29 is 0 Å². The summed E-state index contributed by atoms with van der Waals surface area (Å²) in [5.74, 6) is 7.21. The molecule has 29 heavy (non-hydrogen) atoms. The van der Waals surface area contributed by atoms with Crippen LogP contribution in [0.4, 0.5) is 0 Å². The van der Waals surface area contributed by atoms with Gasteiger partial charge in [0.05, 0.1) is 0 Å². The quantitative estimate of drug-likeness (QED) is 0.405. The molecular formula is C29H50. The topological polar surface area (TPSA) is 0 Å². The Morgan fingerprint density at radius 3 is 2.45 bits per heavy atom. The summed E-state index contributed by atoms with van der Waals surface area (Å²) in [7, 11) is 0. The molecule has 0 N–H and O–H groups in total. The van der Waals surface area contributed by atoms with Gasteiger partial charge in [-0.25, -0.2) is 0 Å². The van der Waals surface area contributed by atoms with Crippen LogP contribution in [0.1, 0.15) is 119 Å². The molecule has 4 aliphatic rings. The Bertz CT molecular complexity index is 601. The second kappa shape index (κ2) is 8.35. The number of hydrogen-bond acceptors (Lipinski definition) is 0. The Hall–Kier alpha value is -0.260. The van der Waals surface area contributed by atoms with Crippen LogP contribution in [0, 0.1) is 52.3 Å². The SMILES string of the molecule is C/C=C(\C)CC(C)C1CCC2C3CCC4C[C@@](C)(CCC)CCC4C3CCC12C. The average molecular weight is 399 g/mol. The molecule has 0 heterocycles. The Labute approximate surface area is 182 Å². The average Bonchev–Trinajstić information content (AvgIpc) is 3.04. The molecule has 4 rings (SSSR count). The zero-order chi connectivity index (χ0) is 20.8. The van der Waals surface area contributed by atoms with E-state index in [0.29, 0.717) is 10.8 Å². The Morgan fingerprint density at radius 2 is 1.72 bits per heavy atom. The third-order valence-electron chi connectivity index (χ3n) is 11.1. The second-order valence-corrected chi connectivity index (χ2v) is 12.8. The van der Waals surface area contributed by atoms with Crippen molar-refractivity contribution in [3.05, 3.63) is 11.6 Å².